The Hall–Kier alpha value is -3.45. The molecule has 0 N–H and O–H groups in total. The van der Waals surface area contributed by atoms with E-state index in [2.05, 4.69) is 4.90 Å². The van der Waals surface area contributed by atoms with E-state index in [1.165, 1.54) is 18.4 Å². The quantitative estimate of drug-likeness (QED) is 0.632. The van der Waals surface area contributed by atoms with Gasteiger partial charge in [0.15, 0.2) is 5.76 Å². The van der Waals surface area contributed by atoms with Crippen LogP contribution in [0.5, 0.6) is 0 Å². The third kappa shape index (κ3) is 4.03. The van der Waals surface area contributed by atoms with Gasteiger partial charge in [0.25, 0.3) is 5.91 Å². The van der Waals surface area contributed by atoms with Gasteiger partial charge in [-0.1, -0.05) is 24.3 Å². The Morgan fingerprint density at radius 3 is 2.41 bits per heavy atom. The number of rotatable bonds is 4. The van der Waals surface area contributed by atoms with E-state index in [-0.39, 0.29) is 23.7 Å². The maximum Gasteiger partial charge on any atom is 0.289 e. The maximum absolute atomic E-state index is 13.5. The molecule has 0 unspecified atom stereocenters. The molecule has 1 atom stereocenters. The summed E-state index contributed by atoms with van der Waals surface area (Å²) in [6.07, 6.45) is 1.98. The third-order valence-electron chi connectivity index (χ3n) is 6.29. The van der Waals surface area contributed by atoms with Crippen LogP contribution in [0.2, 0.25) is 0 Å². The van der Waals surface area contributed by atoms with Gasteiger partial charge >= 0.3 is 0 Å². The van der Waals surface area contributed by atoms with Gasteiger partial charge in [-0.2, -0.15) is 0 Å². The second-order valence-electron chi connectivity index (χ2n) is 8.22. The molecule has 2 aromatic carbocycles. The number of carbonyl (C=O) groups is 2. The highest BCUT2D eigenvalue weighted by atomic mass is 18.2. The molecule has 0 spiro atoms. The normalized spacial score (nSPS) is 19.5. The van der Waals surface area contributed by atoms with Crippen LogP contribution in [0.1, 0.15) is 17.0 Å². The Kier molecular flexibility index (Phi) is 5.49. The van der Waals surface area contributed by atoms with Gasteiger partial charge in [0.1, 0.15) is 5.82 Å². The van der Waals surface area contributed by atoms with E-state index in [9.17, 15) is 14.0 Å². The van der Waals surface area contributed by atoms with E-state index in [0.29, 0.717) is 31.8 Å². The van der Waals surface area contributed by atoms with Crippen molar-refractivity contribution in [2.45, 2.75) is 12.5 Å². The Balaban J connectivity index is 1.21. The number of amides is 2. The van der Waals surface area contributed by atoms with Crippen LogP contribution in [-0.4, -0.2) is 60.4 Å². The van der Waals surface area contributed by atoms with Crippen LogP contribution in [0.15, 0.2) is 71.3 Å². The number of carbonyl (C=O) groups excluding carboxylic acids is 2. The number of nitrogens with zero attached hydrogens (tertiary/aromatic N) is 3. The van der Waals surface area contributed by atoms with Crippen molar-refractivity contribution in [2.24, 2.45) is 0 Å². The summed E-state index contributed by atoms with van der Waals surface area (Å²) in [5.41, 5.74) is 2.57. The largest absolute Gasteiger partial charge is 0.459 e. The van der Waals surface area contributed by atoms with Crippen LogP contribution in [0.4, 0.5) is 10.1 Å². The molecule has 0 radical (unpaired) electrons. The standard InChI is InChI=1S/C25H24FN3O3/c26-20-4-1-3-19(15-20)18-6-8-21(9-7-18)29-17-22(16-24(29)30)27-10-12-28(13-11-27)25(31)23-5-2-14-32-23/h1-9,14-15,22H,10-13,16-17H2/t22-/m1/s1/i26-1. The molecule has 0 bridgehead atoms. The van der Waals surface area contributed by atoms with E-state index in [4.69, 9.17) is 4.42 Å². The van der Waals surface area contributed by atoms with Gasteiger partial charge in [-0.3, -0.25) is 14.5 Å². The summed E-state index contributed by atoms with van der Waals surface area (Å²) in [6, 6.07) is 17.7. The molecule has 0 saturated carbocycles. The predicted molar refractivity (Wildman–Crippen MR) is 119 cm³/mol. The minimum atomic E-state index is -0.268. The molecule has 2 aliphatic heterocycles. The third-order valence-corrected chi connectivity index (χ3v) is 6.29. The Bertz CT molecular complexity index is 1110. The zero-order valence-electron chi connectivity index (χ0n) is 17.6. The summed E-state index contributed by atoms with van der Waals surface area (Å²) in [7, 11) is 0. The molecule has 164 valence electrons. The van der Waals surface area contributed by atoms with Crippen molar-refractivity contribution in [1.29, 1.82) is 0 Å². The number of halogens is 1. The zero-order valence-corrected chi connectivity index (χ0v) is 17.6. The number of furan rings is 1. The summed E-state index contributed by atoms with van der Waals surface area (Å²) in [4.78, 5) is 31.1. The van der Waals surface area contributed by atoms with Crippen molar-refractivity contribution in [3.05, 3.63) is 78.5 Å². The summed E-state index contributed by atoms with van der Waals surface area (Å²) in [5, 5.41) is 0. The van der Waals surface area contributed by atoms with Gasteiger partial charge in [0.05, 0.1) is 6.26 Å². The lowest BCUT2D eigenvalue weighted by Gasteiger charge is -2.37. The monoisotopic (exact) mass is 432 g/mol. The smallest absolute Gasteiger partial charge is 0.289 e. The van der Waals surface area contributed by atoms with Crippen molar-refractivity contribution in [3.63, 3.8) is 0 Å². The van der Waals surface area contributed by atoms with Crippen LogP contribution in [0.25, 0.3) is 11.1 Å². The SMILES string of the molecule is O=C(c1ccco1)N1CCN([C@@H]2CC(=O)N(c3ccc(-c4cccc([18F])c4)cc3)C2)CC1. The fraction of sp³-hybridized carbons (Fsp3) is 0.280. The van der Waals surface area contributed by atoms with E-state index in [1.54, 1.807) is 23.1 Å². The molecule has 2 fully saturated rings. The van der Waals surface area contributed by atoms with Crippen LogP contribution in [0.3, 0.4) is 0 Å². The molecule has 3 aromatic rings. The molecule has 2 amide bonds. The van der Waals surface area contributed by atoms with Crippen molar-refractivity contribution >= 4 is 17.5 Å². The fourth-order valence-electron chi connectivity index (χ4n) is 4.53. The van der Waals surface area contributed by atoms with E-state index >= 15 is 0 Å². The van der Waals surface area contributed by atoms with Crippen LogP contribution >= 0.6 is 0 Å². The lowest BCUT2D eigenvalue weighted by molar-refractivity contribution is -0.117. The Morgan fingerprint density at radius 2 is 1.72 bits per heavy atom. The van der Waals surface area contributed by atoms with Crippen molar-refractivity contribution < 1.29 is 18.4 Å². The number of hydrogen-bond donors (Lipinski definition) is 0. The molecular weight excluding hydrogens is 408 g/mol. The summed E-state index contributed by atoms with van der Waals surface area (Å²) in [5.74, 6) is 0.109. The molecule has 6 nitrogen and oxygen atoms in total. The zero-order chi connectivity index (χ0) is 22.1. The average molecular weight is 432 g/mol. The Morgan fingerprint density at radius 1 is 0.938 bits per heavy atom. The number of benzene rings is 2. The highest BCUT2D eigenvalue weighted by Gasteiger charge is 2.36. The summed E-state index contributed by atoms with van der Waals surface area (Å²) >= 11 is 0. The minimum Gasteiger partial charge on any atom is -0.459 e. The predicted octanol–water partition coefficient (Wildman–Crippen LogP) is 3.65. The number of hydrogen-bond acceptors (Lipinski definition) is 4. The molecule has 7 heteroatoms. The molecule has 2 saturated heterocycles. The first-order valence-electron chi connectivity index (χ1n) is 10.8. The maximum atomic E-state index is 13.5. The molecule has 2 aliphatic rings. The molecule has 5 rings (SSSR count). The van der Waals surface area contributed by atoms with Gasteiger partial charge in [-0.05, 0) is 47.5 Å². The molecule has 32 heavy (non-hydrogen) atoms. The topological polar surface area (TPSA) is 57.0 Å². The van der Waals surface area contributed by atoms with E-state index in [1.807, 2.05) is 35.2 Å². The molecular formula is C25H24FN3O3. The first kappa shape index (κ1) is 20.5. The van der Waals surface area contributed by atoms with Crippen molar-refractivity contribution in [2.75, 3.05) is 37.6 Å². The average Bonchev–Trinajstić information content (AvgIpc) is 3.49. The van der Waals surface area contributed by atoms with E-state index in [0.717, 1.165) is 29.9 Å². The first-order valence-corrected chi connectivity index (χ1v) is 10.8. The van der Waals surface area contributed by atoms with Crippen LogP contribution in [-0.2, 0) is 4.79 Å². The highest BCUT2D eigenvalue weighted by Crippen LogP contribution is 2.28. The van der Waals surface area contributed by atoms with Crippen molar-refractivity contribution in [3.8, 4) is 11.1 Å². The Labute approximate surface area is 185 Å². The number of piperazine rings is 1. The van der Waals surface area contributed by atoms with Crippen LogP contribution < -0.4 is 4.90 Å². The first-order chi connectivity index (χ1) is 15.6. The van der Waals surface area contributed by atoms with Gasteiger partial charge in [0.2, 0.25) is 5.91 Å². The minimum absolute atomic E-state index is 0.0860. The lowest BCUT2D eigenvalue weighted by Crippen LogP contribution is -2.52. The van der Waals surface area contributed by atoms with Gasteiger partial charge < -0.3 is 14.2 Å². The summed E-state index contributed by atoms with van der Waals surface area (Å²) < 4.78 is 18.7. The van der Waals surface area contributed by atoms with E-state index < -0.39 is 0 Å². The molecule has 0 aliphatic carbocycles. The fourth-order valence-corrected chi connectivity index (χ4v) is 4.53. The van der Waals surface area contributed by atoms with Gasteiger partial charge in [-0.15, -0.1) is 0 Å². The number of anilines is 1. The molecule has 3 heterocycles. The highest BCUT2D eigenvalue weighted by molar-refractivity contribution is 5.96. The van der Waals surface area contributed by atoms with Gasteiger partial charge in [-0.25, -0.2) is 4.39 Å². The van der Waals surface area contributed by atoms with Crippen molar-refractivity contribution in [1.82, 2.24) is 9.80 Å². The molecule has 1 aromatic heterocycles. The second kappa shape index (κ2) is 8.59. The summed E-state index contributed by atoms with van der Waals surface area (Å²) in [6.45, 7) is 3.33. The lowest BCUT2D eigenvalue weighted by atomic mass is 10.1. The van der Waals surface area contributed by atoms with Gasteiger partial charge in [0, 0.05) is 50.9 Å². The second-order valence-corrected chi connectivity index (χ2v) is 8.22. The van der Waals surface area contributed by atoms with Crippen LogP contribution in [0, 0.1) is 5.82 Å².